The summed E-state index contributed by atoms with van der Waals surface area (Å²) in [6, 6.07) is 10.6. The molecule has 0 unspecified atom stereocenters. The molecule has 1 aliphatic heterocycles. The van der Waals surface area contributed by atoms with Gasteiger partial charge < -0.3 is 4.42 Å². The highest BCUT2D eigenvalue weighted by molar-refractivity contribution is 5.77. The number of hydrogen-bond acceptors (Lipinski definition) is 5. The largest absolute Gasteiger partial charge is 0.464 e. The van der Waals surface area contributed by atoms with Crippen molar-refractivity contribution in [3.63, 3.8) is 0 Å². The molecule has 0 radical (unpaired) electrons. The number of rotatable bonds is 4. The van der Waals surface area contributed by atoms with E-state index in [1.807, 2.05) is 18.2 Å². The first kappa shape index (κ1) is 23.2. The Morgan fingerprint density at radius 1 is 1.11 bits per heavy atom. The average molecular weight is 480 g/mol. The van der Waals surface area contributed by atoms with Crippen LogP contribution in [-0.4, -0.2) is 21.4 Å². The lowest BCUT2D eigenvalue weighted by Crippen LogP contribution is -2.32. The van der Waals surface area contributed by atoms with E-state index < -0.39 is 11.7 Å². The predicted molar refractivity (Wildman–Crippen MR) is 127 cm³/mol. The van der Waals surface area contributed by atoms with Gasteiger partial charge in [-0.05, 0) is 35.7 Å². The summed E-state index contributed by atoms with van der Waals surface area (Å²) in [6.07, 6.45) is -0.460. The molecule has 0 fully saturated rings. The molecular weight excluding hydrogens is 455 g/mol. The molecule has 5 nitrogen and oxygen atoms in total. The summed E-state index contributed by atoms with van der Waals surface area (Å²) in [7, 11) is 0. The van der Waals surface area contributed by atoms with Gasteiger partial charge in [-0.2, -0.15) is 13.2 Å². The second-order valence-corrected chi connectivity index (χ2v) is 9.20. The maximum Gasteiger partial charge on any atom is 0.416 e. The lowest BCUT2D eigenvalue weighted by Gasteiger charge is -2.27. The van der Waals surface area contributed by atoms with Gasteiger partial charge in [0, 0.05) is 48.9 Å². The number of aromatic nitrogens is 2. The van der Waals surface area contributed by atoms with E-state index in [0.717, 1.165) is 29.0 Å². The number of halogens is 3. The SMILES string of the molecule is CC(C)c1ccc2occ(CN3CCc4nc(-c5ccc(C(F)(F)F)cc5)ncc4C3)c(=O)c2c1. The van der Waals surface area contributed by atoms with E-state index in [2.05, 4.69) is 28.7 Å². The summed E-state index contributed by atoms with van der Waals surface area (Å²) in [4.78, 5) is 24.3. The van der Waals surface area contributed by atoms with Gasteiger partial charge in [0.05, 0.1) is 22.9 Å². The van der Waals surface area contributed by atoms with Crippen LogP contribution in [0.4, 0.5) is 13.2 Å². The minimum Gasteiger partial charge on any atom is -0.464 e. The molecule has 3 heterocycles. The highest BCUT2D eigenvalue weighted by Crippen LogP contribution is 2.31. The van der Waals surface area contributed by atoms with Crippen LogP contribution in [0.1, 0.15) is 47.7 Å². The first-order valence-corrected chi connectivity index (χ1v) is 11.5. The van der Waals surface area contributed by atoms with Gasteiger partial charge in [0.25, 0.3) is 0 Å². The number of hydrogen-bond donors (Lipinski definition) is 0. The van der Waals surface area contributed by atoms with Crippen LogP contribution in [0.15, 0.2) is 64.1 Å². The van der Waals surface area contributed by atoms with Gasteiger partial charge in [-0.25, -0.2) is 9.97 Å². The molecule has 2 aromatic heterocycles. The lowest BCUT2D eigenvalue weighted by atomic mass is 10.0. The standard InChI is InChI=1S/C27H24F3N3O2/c1-16(2)18-5-8-24-22(11-18)25(34)20(15-35-24)14-33-10-9-23-19(13-33)12-31-26(32-23)17-3-6-21(7-4-17)27(28,29)30/h3-8,11-12,15-16H,9-10,13-14H2,1-2H3. The summed E-state index contributed by atoms with van der Waals surface area (Å²) < 4.78 is 44.2. The molecule has 0 aliphatic carbocycles. The monoisotopic (exact) mass is 479 g/mol. The van der Waals surface area contributed by atoms with Crippen LogP contribution in [0, 0.1) is 0 Å². The van der Waals surface area contributed by atoms with Crippen molar-refractivity contribution >= 4 is 11.0 Å². The highest BCUT2D eigenvalue weighted by atomic mass is 19.4. The summed E-state index contributed by atoms with van der Waals surface area (Å²) in [5.74, 6) is 0.718. The zero-order chi connectivity index (χ0) is 24.7. The van der Waals surface area contributed by atoms with Gasteiger partial charge in [-0.3, -0.25) is 9.69 Å². The third-order valence-electron chi connectivity index (χ3n) is 6.41. The summed E-state index contributed by atoms with van der Waals surface area (Å²) in [5, 5.41) is 0.593. The van der Waals surface area contributed by atoms with E-state index in [1.54, 1.807) is 12.5 Å². The zero-order valence-electron chi connectivity index (χ0n) is 19.4. The minimum atomic E-state index is -4.38. The third kappa shape index (κ3) is 4.71. The molecular formula is C27H24F3N3O2. The van der Waals surface area contributed by atoms with Crippen LogP contribution >= 0.6 is 0 Å². The number of fused-ring (bicyclic) bond motifs is 2. The van der Waals surface area contributed by atoms with Crippen molar-refractivity contribution in [2.45, 2.75) is 45.5 Å². The van der Waals surface area contributed by atoms with E-state index in [-0.39, 0.29) is 5.43 Å². The Morgan fingerprint density at radius 3 is 2.60 bits per heavy atom. The summed E-state index contributed by atoms with van der Waals surface area (Å²) >= 11 is 0. The quantitative estimate of drug-likeness (QED) is 0.362. The molecule has 0 spiro atoms. The molecule has 2 aromatic carbocycles. The molecule has 0 amide bonds. The van der Waals surface area contributed by atoms with Crippen molar-refractivity contribution in [1.82, 2.24) is 14.9 Å². The van der Waals surface area contributed by atoms with Crippen molar-refractivity contribution in [3.8, 4) is 11.4 Å². The zero-order valence-corrected chi connectivity index (χ0v) is 19.4. The Hall–Kier alpha value is -3.52. The van der Waals surface area contributed by atoms with Crippen molar-refractivity contribution < 1.29 is 17.6 Å². The van der Waals surface area contributed by atoms with E-state index in [0.29, 0.717) is 59.9 Å². The van der Waals surface area contributed by atoms with Gasteiger partial charge in [0.1, 0.15) is 5.58 Å². The highest BCUT2D eigenvalue weighted by Gasteiger charge is 2.30. The maximum absolute atomic E-state index is 13.1. The molecule has 0 bridgehead atoms. The van der Waals surface area contributed by atoms with Crippen molar-refractivity contribution in [2.75, 3.05) is 6.54 Å². The van der Waals surface area contributed by atoms with Crippen molar-refractivity contribution in [3.05, 3.63) is 93.1 Å². The van der Waals surface area contributed by atoms with E-state index in [4.69, 9.17) is 4.42 Å². The van der Waals surface area contributed by atoms with E-state index >= 15 is 0 Å². The average Bonchev–Trinajstić information content (AvgIpc) is 2.85. The van der Waals surface area contributed by atoms with Gasteiger partial charge in [-0.15, -0.1) is 0 Å². The first-order valence-electron chi connectivity index (χ1n) is 11.5. The Bertz CT molecular complexity index is 1440. The summed E-state index contributed by atoms with van der Waals surface area (Å²) in [6.45, 7) is 5.89. The lowest BCUT2D eigenvalue weighted by molar-refractivity contribution is -0.137. The molecule has 35 heavy (non-hydrogen) atoms. The van der Waals surface area contributed by atoms with Crippen LogP contribution in [-0.2, 0) is 25.7 Å². The maximum atomic E-state index is 13.1. The predicted octanol–water partition coefficient (Wildman–Crippen LogP) is 5.95. The molecule has 4 aromatic rings. The Morgan fingerprint density at radius 2 is 1.89 bits per heavy atom. The molecule has 180 valence electrons. The minimum absolute atomic E-state index is 0.0200. The number of benzene rings is 2. The second kappa shape index (κ2) is 8.92. The van der Waals surface area contributed by atoms with Crippen LogP contribution in [0.2, 0.25) is 0 Å². The fourth-order valence-electron chi connectivity index (χ4n) is 4.35. The first-order chi connectivity index (χ1) is 16.7. The Kier molecular flexibility index (Phi) is 5.92. The van der Waals surface area contributed by atoms with Crippen LogP contribution < -0.4 is 5.43 Å². The van der Waals surface area contributed by atoms with E-state index in [9.17, 15) is 18.0 Å². The molecule has 1 aliphatic rings. The van der Waals surface area contributed by atoms with E-state index in [1.165, 1.54) is 12.1 Å². The van der Waals surface area contributed by atoms with Gasteiger partial charge >= 0.3 is 6.18 Å². The molecule has 8 heteroatoms. The Labute approximate surface area is 200 Å². The Balaban J connectivity index is 1.34. The molecule has 5 rings (SSSR count). The number of alkyl halides is 3. The van der Waals surface area contributed by atoms with Crippen LogP contribution in [0.3, 0.4) is 0 Å². The normalized spacial score (nSPS) is 14.5. The molecule has 0 atom stereocenters. The van der Waals surface area contributed by atoms with Crippen molar-refractivity contribution in [1.29, 1.82) is 0 Å². The summed E-state index contributed by atoms with van der Waals surface area (Å²) in [5.41, 5.74) is 3.91. The van der Waals surface area contributed by atoms with Gasteiger partial charge in [0.2, 0.25) is 0 Å². The second-order valence-electron chi connectivity index (χ2n) is 9.20. The molecule has 0 N–H and O–H groups in total. The van der Waals surface area contributed by atoms with Crippen LogP contribution in [0.25, 0.3) is 22.4 Å². The smallest absolute Gasteiger partial charge is 0.416 e. The van der Waals surface area contributed by atoms with Gasteiger partial charge in [-0.1, -0.05) is 32.0 Å². The molecule has 0 saturated heterocycles. The number of nitrogens with zero attached hydrogens (tertiary/aromatic N) is 3. The molecule has 0 saturated carbocycles. The fourth-order valence-corrected chi connectivity index (χ4v) is 4.35. The fraction of sp³-hybridized carbons (Fsp3) is 0.296. The van der Waals surface area contributed by atoms with Gasteiger partial charge in [0.15, 0.2) is 11.3 Å². The topological polar surface area (TPSA) is 59.2 Å². The third-order valence-corrected chi connectivity index (χ3v) is 6.41. The van der Waals surface area contributed by atoms with Crippen LogP contribution in [0.5, 0.6) is 0 Å². The van der Waals surface area contributed by atoms with Crippen molar-refractivity contribution in [2.24, 2.45) is 0 Å².